The molecular formula is C13H22N2O3. The Bertz CT molecular complexity index is 319. The summed E-state index contributed by atoms with van der Waals surface area (Å²) in [5.41, 5.74) is 0. The molecule has 0 radical (unpaired) electrons. The van der Waals surface area contributed by atoms with E-state index in [0.717, 1.165) is 38.9 Å². The fraction of sp³-hybridized carbons (Fsp3) is 0.846. The Labute approximate surface area is 108 Å². The highest BCUT2D eigenvalue weighted by Gasteiger charge is 2.29. The fourth-order valence-electron chi connectivity index (χ4n) is 2.73. The van der Waals surface area contributed by atoms with Gasteiger partial charge in [-0.25, -0.2) is 0 Å². The van der Waals surface area contributed by atoms with Crippen LogP contribution in [0.25, 0.3) is 0 Å². The van der Waals surface area contributed by atoms with Crippen molar-refractivity contribution in [3.8, 4) is 0 Å². The van der Waals surface area contributed by atoms with E-state index in [2.05, 4.69) is 4.90 Å². The molecule has 2 heterocycles. The molecule has 0 bridgehead atoms. The Hall–Kier alpha value is -1.10. The Morgan fingerprint density at radius 3 is 2.89 bits per heavy atom. The van der Waals surface area contributed by atoms with Crippen LogP contribution < -0.4 is 0 Å². The minimum absolute atomic E-state index is 0.0172. The number of carbonyl (C=O) groups excluding carboxylic acids is 2. The van der Waals surface area contributed by atoms with Gasteiger partial charge in [-0.3, -0.25) is 14.5 Å². The van der Waals surface area contributed by atoms with Crippen LogP contribution in [0.2, 0.25) is 0 Å². The first kappa shape index (κ1) is 13.3. The Morgan fingerprint density at radius 2 is 2.22 bits per heavy atom. The second-order valence-corrected chi connectivity index (χ2v) is 5.07. The van der Waals surface area contributed by atoms with Crippen molar-refractivity contribution >= 4 is 11.9 Å². The highest BCUT2D eigenvalue weighted by atomic mass is 16.5. The summed E-state index contributed by atoms with van der Waals surface area (Å²) >= 11 is 0. The molecule has 0 N–H and O–H groups in total. The number of rotatable bonds is 4. The van der Waals surface area contributed by atoms with Crippen LogP contribution in [0.15, 0.2) is 0 Å². The first-order valence-electron chi connectivity index (χ1n) is 6.87. The van der Waals surface area contributed by atoms with E-state index in [1.165, 1.54) is 0 Å². The van der Waals surface area contributed by atoms with E-state index in [-0.39, 0.29) is 17.8 Å². The first-order chi connectivity index (χ1) is 8.70. The van der Waals surface area contributed by atoms with Gasteiger partial charge in [0, 0.05) is 19.5 Å². The van der Waals surface area contributed by atoms with E-state index in [1.807, 2.05) is 11.8 Å². The zero-order valence-electron chi connectivity index (χ0n) is 11.1. The molecule has 2 rings (SSSR count). The third-order valence-corrected chi connectivity index (χ3v) is 3.67. The Morgan fingerprint density at radius 1 is 1.39 bits per heavy atom. The number of likely N-dealkylation sites (tertiary alicyclic amines) is 2. The van der Waals surface area contributed by atoms with Gasteiger partial charge in [0.05, 0.1) is 19.2 Å². The molecule has 0 aliphatic carbocycles. The van der Waals surface area contributed by atoms with Gasteiger partial charge in [0.1, 0.15) is 0 Å². The van der Waals surface area contributed by atoms with Crippen molar-refractivity contribution in [1.82, 2.24) is 9.80 Å². The molecule has 18 heavy (non-hydrogen) atoms. The van der Waals surface area contributed by atoms with Crippen molar-refractivity contribution < 1.29 is 14.3 Å². The minimum atomic E-state index is -0.0880. The largest absolute Gasteiger partial charge is 0.466 e. The molecule has 1 atom stereocenters. The third-order valence-electron chi connectivity index (χ3n) is 3.67. The van der Waals surface area contributed by atoms with E-state index in [0.29, 0.717) is 19.7 Å². The molecule has 2 fully saturated rings. The third kappa shape index (κ3) is 3.22. The van der Waals surface area contributed by atoms with Crippen molar-refractivity contribution in [1.29, 1.82) is 0 Å². The van der Waals surface area contributed by atoms with Crippen LogP contribution >= 0.6 is 0 Å². The van der Waals surface area contributed by atoms with Crippen LogP contribution in [0.4, 0.5) is 0 Å². The zero-order chi connectivity index (χ0) is 13.0. The average Bonchev–Trinajstić information content (AvgIpc) is 2.76. The summed E-state index contributed by atoms with van der Waals surface area (Å²) in [5, 5.41) is 0. The summed E-state index contributed by atoms with van der Waals surface area (Å²) in [7, 11) is 0. The lowest BCUT2D eigenvalue weighted by molar-refractivity contribution is -0.150. The molecule has 2 aliphatic heterocycles. The zero-order valence-corrected chi connectivity index (χ0v) is 11.1. The van der Waals surface area contributed by atoms with Crippen LogP contribution in [0.1, 0.15) is 32.6 Å². The van der Waals surface area contributed by atoms with E-state index in [9.17, 15) is 9.59 Å². The van der Waals surface area contributed by atoms with E-state index in [1.54, 1.807) is 0 Å². The molecule has 1 unspecified atom stereocenters. The normalized spacial score (nSPS) is 25.5. The first-order valence-corrected chi connectivity index (χ1v) is 6.87. The quantitative estimate of drug-likeness (QED) is 0.698. The lowest BCUT2D eigenvalue weighted by Crippen LogP contribution is -2.45. The molecule has 5 heteroatoms. The van der Waals surface area contributed by atoms with Gasteiger partial charge in [-0.05, 0) is 32.7 Å². The summed E-state index contributed by atoms with van der Waals surface area (Å²) in [6.45, 7) is 5.51. The van der Waals surface area contributed by atoms with E-state index >= 15 is 0 Å². The second kappa shape index (κ2) is 6.18. The topological polar surface area (TPSA) is 49.9 Å². The van der Waals surface area contributed by atoms with Crippen LogP contribution in [-0.2, 0) is 14.3 Å². The number of esters is 1. The van der Waals surface area contributed by atoms with Crippen LogP contribution in [-0.4, -0.2) is 54.6 Å². The van der Waals surface area contributed by atoms with Gasteiger partial charge in [-0.15, -0.1) is 0 Å². The van der Waals surface area contributed by atoms with Gasteiger partial charge in [-0.2, -0.15) is 0 Å². The fourth-order valence-corrected chi connectivity index (χ4v) is 2.73. The predicted molar refractivity (Wildman–Crippen MR) is 66.7 cm³/mol. The molecule has 2 saturated heterocycles. The van der Waals surface area contributed by atoms with Gasteiger partial charge in [0.25, 0.3) is 0 Å². The van der Waals surface area contributed by atoms with Crippen molar-refractivity contribution in [2.45, 2.75) is 32.6 Å². The van der Waals surface area contributed by atoms with Crippen LogP contribution in [0, 0.1) is 5.92 Å². The molecule has 0 aromatic carbocycles. The summed E-state index contributed by atoms with van der Waals surface area (Å²) in [4.78, 5) is 27.4. The molecule has 5 nitrogen and oxygen atoms in total. The number of piperidine rings is 1. The van der Waals surface area contributed by atoms with E-state index < -0.39 is 0 Å². The van der Waals surface area contributed by atoms with Gasteiger partial charge < -0.3 is 9.64 Å². The summed E-state index contributed by atoms with van der Waals surface area (Å²) in [5.74, 6) is 0.139. The van der Waals surface area contributed by atoms with Gasteiger partial charge in [-0.1, -0.05) is 0 Å². The number of nitrogens with zero attached hydrogens (tertiary/aromatic N) is 2. The smallest absolute Gasteiger partial charge is 0.310 e. The molecule has 2 aliphatic rings. The van der Waals surface area contributed by atoms with Gasteiger partial charge in [0.2, 0.25) is 5.91 Å². The lowest BCUT2D eigenvalue weighted by atomic mass is 9.98. The second-order valence-electron chi connectivity index (χ2n) is 5.07. The van der Waals surface area contributed by atoms with Gasteiger partial charge >= 0.3 is 5.97 Å². The van der Waals surface area contributed by atoms with E-state index in [4.69, 9.17) is 4.74 Å². The summed E-state index contributed by atoms with van der Waals surface area (Å²) in [6, 6.07) is 0. The number of hydrogen-bond acceptors (Lipinski definition) is 4. The number of hydrogen-bond donors (Lipinski definition) is 0. The van der Waals surface area contributed by atoms with Crippen LogP contribution in [0.3, 0.4) is 0 Å². The highest BCUT2D eigenvalue weighted by molar-refractivity contribution is 5.78. The number of carbonyl (C=O) groups is 2. The molecule has 0 spiro atoms. The lowest BCUT2D eigenvalue weighted by Gasteiger charge is -2.34. The number of ether oxygens (including phenoxy) is 1. The molecular weight excluding hydrogens is 232 g/mol. The molecule has 0 saturated carbocycles. The van der Waals surface area contributed by atoms with Gasteiger partial charge in [0.15, 0.2) is 0 Å². The summed E-state index contributed by atoms with van der Waals surface area (Å²) in [6.07, 6.45) is 3.55. The van der Waals surface area contributed by atoms with Crippen LogP contribution in [0.5, 0.6) is 0 Å². The Balaban J connectivity index is 1.82. The van der Waals surface area contributed by atoms with Crippen molar-refractivity contribution in [2.75, 3.05) is 32.9 Å². The average molecular weight is 254 g/mol. The maximum absolute atomic E-state index is 11.7. The monoisotopic (exact) mass is 254 g/mol. The minimum Gasteiger partial charge on any atom is -0.466 e. The maximum atomic E-state index is 11.7. The molecule has 1 amide bonds. The predicted octanol–water partition coefficient (Wildman–Crippen LogP) is 0.841. The highest BCUT2D eigenvalue weighted by Crippen LogP contribution is 2.19. The van der Waals surface area contributed by atoms with Crippen molar-refractivity contribution in [3.05, 3.63) is 0 Å². The SMILES string of the molecule is CCOC(=O)C1CCCN(CN2CCCC2=O)C1. The Kier molecular flexibility index (Phi) is 4.58. The van der Waals surface area contributed by atoms with Crippen molar-refractivity contribution in [3.63, 3.8) is 0 Å². The maximum Gasteiger partial charge on any atom is 0.310 e. The molecule has 0 aromatic rings. The van der Waals surface area contributed by atoms with Crippen molar-refractivity contribution in [2.24, 2.45) is 5.92 Å². The molecule has 0 aromatic heterocycles. The number of amides is 1. The molecule has 102 valence electrons. The standard InChI is InChI=1S/C13H22N2O3/c1-2-18-13(17)11-5-3-7-14(9-11)10-15-8-4-6-12(15)16/h11H,2-10H2,1H3. The summed E-state index contributed by atoms with van der Waals surface area (Å²) < 4.78 is 5.07.